The van der Waals surface area contributed by atoms with Gasteiger partial charge in [-0.25, -0.2) is 0 Å². The summed E-state index contributed by atoms with van der Waals surface area (Å²) < 4.78 is 10.8. The number of nitro groups is 1. The van der Waals surface area contributed by atoms with Crippen LogP contribution in [0.5, 0.6) is 11.5 Å². The third kappa shape index (κ3) is 6.22. The van der Waals surface area contributed by atoms with Gasteiger partial charge < -0.3 is 25.4 Å². The Balaban J connectivity index is 1.47. The number of carbonyl (C=O) groups excluding carboxylic acids is 2. The summed E-state index contributed by atoms with van der Waals surface area (Å²) in [5.74, 6) is 0.607. The second kappa shape index (κ2) is 10.7. The molecule has 37 heavy (non-hydrogen) atoms. The Morgan fingerprint density at radius 1 is 1.00 bits per heavy atom. The molecule has 0 aliphatic carbocycles. The predicted molar refractivity (Wildman–Crippen MR) is 138 cm³/mol. The molecular formula is C27H28N4O6. The van der Waals surface area contributed by atoms with Crippen molar-refractivity contribution in [2.75, 3.05) is 25.2 Å². The molecule has 4 rings (SSSR count). The lowest BCUT2D eigenvalue weighted by molar-refractivity contribution is -0.384. The second-order valence-corrected chi connectivity index (χ2v) is 9.55. The molecule has 10 nitrogen and oxygen atoms in total. The molecule has 3 aromatic rings. The van der Waals surface area contributed by atoms with Crippen LogP contribution in [0, 0.1) is 15.5 Å². The molecule has 0 saturated heterocycles. The lowest BCUT2D eigenvalue weighted by Crippen LogP contribution is -2.41. The third-order valence-electron chi connectivity index (χ3n) is 6.00. The Morgan fingerprint density at radius 2 is 1.65 bits per heavy atom. The van der Waals surface area contributed by atoms with Gasteiger partial charge in [0.15, 0.2) is 11.5 Å². The molecule has 3 N–H and O–H groups in total. The van der Waals surface area contributed by atoms with Crippen molar-refractivity contribution >= 4 is 23.2 Å². The van der Waals surface area contributed by atoms with Gasteiger partial charge in [-0.3, -0.25) is 19.7 Å². The maximum Gasteiger partial charge on any atom is 0.269 e. The van der Waals surface area contributed by atoms with E-state index in [2.05, 4.69) is 5.32 Å². The number of amides is 2. The van der Waals surface area contributed by atoms with E-state index in [1.165, 1.54) is 24.3 Å². The van der Waals surface area contributed by atoms with Gasteiger partial charge in [0.1, 0.15) is 0 Å². The van der Waals surface area contributed by atoms with E-state index in [1.54, 1.807) is 35.2 Å². The van der Waals surface area contributed by atoms with Crippen molar-refractivity contribution in [3.63, 3.8) is 0 Å². The lowest BCUT2D eigenvalue weighted by atomic mass is 9.92. The van der Waals surface area contributed by atoms with E-state index in [9.17, 15) is 19.7 Å². The van der Waals surface area contributed by atoms with Crippen molar-refractivity contribution in [3.05, 3.63) is 93.5 Å². The van der Waals surface area contributed by atoms with Gasteiger partial charge in [-0.05, 0) is 60.0 Å². The van der Waals surface area contributed by atoms with Gasteiger partial charge in [0.25, 0.3) is 17.5 Å². The molecule has 192 valence electrons. The average molecular weight is 505 g/mol. The fraction of sp³-hybridized carbons (Fsp3) is 0.259. The van der Waals surface area contributed by atoms with Crippen molar-refractivity contribution in [1.82, 2.24) is 4.90 Å². The quantitative estimate of drug-likeness (QED) is 0.329. The minimum absolute atomic E-state index is 0.0847. The van der Waals surface area contributed by atoms with E-state index in [0.29, 0.717) is 47.9 Å². The number of nitrogens with one attached hydrogen (secondary N) is 1. The van der Waals surface area contributed by atoms with Crippen LogP contribution in [0.3, 0.4) is 0 Å². The molecule has 0 bridgehead atoms. The molecule has 1 aliphatic heterocycles. The molecule has 10 heteroatoms. The zero-order chi connectivity index (χ0) is 26.6. The highest BCUT2D eigenvalue weighted by molar-refractivity contribution is 6.04. The summed E-state index contributed by atoms with van der Waals surface area (Å²) in [4.78, 5) is 38.0. The summed E-state index contributed by atoms with van der Waals surface area (Å²) in [6.45, 7) is 5.33. The fourth-order valence-corrected chi connectivity index (χ4v) is 3.84. The Labute approximate surface area is 214 Å². The van der Waals surface area contributed by atoms with Gasteiger partial charge >= 0.3 is 0 Å². The number of non-ortho nitro benzene ring substituents is 1. The Kier molecular flexibility index (Phi) is 7.40. The van der Waals surface area contributed by atoms with Gasteiger partial charge in [0, 0.05) is 42.0 Å². The number of nitro benzene ring substituents is 1. The van der Waals surface area contributed by atoms with E-state index in [0.717, 1.165) is 5.56 Å². The highest BCUT2D eigenvalue weighted by Gasteiger charge is 2.26. The van der Waals surface area contributed by atoms with E-state index in [-0.39, 0.29) is 29.7 Å². The van der Waals surface area contributed by atoms with Crippen LogP contribution in [-0.4, -0.2) is 41.5 Å². The number of nitrogens with zero attached hydrogens (tertiary/aromatic N) is 2. The first-order valence-corrected chi connectivity index (χ1v) is 11.7. The number of ether oxygens (including phenoxy) is 2. The van der Waals surface area contributed by atoms with Crippen LogP contribution in [0.1, 0.15) is 40.1 Å². The Bertz CT molecular complexity index is 1310. The number of carbonyl (C=O) groups is 2. The van der Waals surface area contributed by atoms with Gasteiger partial charge in [0.05, 0.1) is 4.92 Å². The summed E-state index contributed by atoms with van der Waals surface area (Å²) in [5.41, 5.74) is 7.79. The van der Waals surface area contributed by atoms with E-state index in [4.69, 9.17) is 15.2 Å². The molecule has 0 atom stereocenters. The number of hydrogen-bond donors (Lipinski definition) is 2. The SMILES string of the molecule is CC(C)(CN)CN(Cc1ccc(NC(=O)c2ccc([N+](=O)[O-])cc2)cc1)C(=O)c1ccc2c(c1)OCO2. The number of hydrogen-bond acceptors (Lipinski definition) is 7. The molecule has 0 aromatic heterocycles. The summed E-state index contributed by atoms with van der Waals surface area (Å²) in [7, 11) is 0. The van der Waals surface area contributed by atoms with Crippen LogP contribution in [-0.2, 0) is 6.54 Å². The maximum absolute atomic E-state index is 13.5. The number of benzene rings is 3. The minimum Gasteiger partial charge on any atom is -0.454 e. The van der Waals surface area contributed by atoms with Crippen molar-refractivity contribution in [2.24, 2.45) is 11.1 Å². The number of fused-ring (bicyclic) bond motifs is 1. The zero-order valence-electron chi connectivity index (χ0n) is 20.6. The maximum atomic E-state index is 13.5. The topological polar surface area (TPSA) is 137 Å². The van der Waals surface area contributed by atoms with Crippen LogP contribution in [0.15, 0.2) is 66.7 Å². The minimum atomic E-state index is -0.518. The lowest BCUT2D eigenvalue weighted by Gasteiger charge is -2.32. The Morgan fingerprint density at radius 3 is 2.30 bits per heavy atom. The molecule has 1 aliphatic rings. The first kappa shape index (κ1) is 25.6. The molecule has 0 fully saturated rings. The first-order valence-electron chi connectivity index (χ1n) is 11.7. The van der Waals surface area contributed by atoms with Crippen LogP contribution >= 0.6 is 0 Å². The van der Waals surface area contributed by atoms with E-state index >= 15 is 0 Å². The van der Waals surface area contributed by atoms with Crippen LogP contribution in [0.2, 0.25) is 0 Å². The number of rotatable bonds is 9. The Hall–Kier alpha value is -4.44. The van der Waals surface area contributed by atoms with Crippen LogP contribution in [0.25, 0.3) is 0 Å². The average Bonchev–Trinajstić information content (AvgIpc) is 3.37. The van der Waals surface area contributed by atoms with Crippen molar-refractivity contribution in [1.29, 1.82) is 0 Å². The number of nitrogens with two attached hydrogens (primary N) is 1. The van der Waals surface area contributed by atoms with Gasteiger partial charge in [0.2, 0.25) is 6.79 Å². The van der Waals surface area contributed by atoms with E-state index < -0.39 is 4.92 Å². The molecule has 0 spiro atoms. The predicted octanol–water partition coefficient (Wildman–Crippen LogP) is 4.20. The highest BCUT2D eigenvalue weighted by atomic mass is 16.7. The standard InChI is InChI=1S/C27H28N4O6/c1-27(2,15-28)16-30(26(33)20-7-12-23-24(13-20)37-17-36-23)14-18-3-8-21(9-4-18)29-25(32)19-5-10-22(11-6-19)31(34)35/h3-13H,14-17,28H2,1-2H3,(H,29,32). The number of anilines is 1. The van der Waals surface area contributed by atoms with Crippen molar-refractivity contribution < 1.29 is 24.0 Å². The largest absolute Gasteiger partial charge is 0.454 e. The molecule has 0 unspecified atom stereocenters. The van der Waals surface area contributed by atoms with Gasteiger partial charge in [-0.15, -0.1) is 0 Å². The summed E-state index contributed by atoms with van der Waals surface area (Å²) in [6.07, 6.45) is 0. The molecular weight excluding hydrogens is 476 g/mol. The first-order chi connectivity index (χ1) is 17.6. The molecule has 0 radical (unpaired) electrons. The summed E-state index contributed by atoms with van der Waals surface area (Å²) >= 11 is 0. The second-order valence-electron chi connectivity index (χ2n) is 9.55. The highest BCUT2D eigenvalue weighted by Crippen LogP contribution is 2.33. The monoisotopic (exact) mass is 504 g/mol. The third-order valence-corrected chi connectivity index (χ3v) is 6.00. The van der Waals surface area contributed by atoms with Crippen molar-refractivity contribution in [3.8, 4) is 11.5 Å². The van der Waals surface area contributed by atoms with E-state index in [1.807, 2.05) is 26.0 Å². The summed E-state index contributed by atoms with van der Waals surface area (Å²) in [6, 6.07) is 17.7. The molecule has 0 saturated carbocycles. The van der Waals surface area contributed by atoms with Crippen LogP contribution in [0.4, 0.5) is 11.4 Å². The smallest absolute Gasteiger partial charge is 0.269 e. The molecule has 1 heterocycles. The van der Waals surface area contributed by atoms with Crippen LogP contribution < -0.4 is 20.5 Å². The van der Waals surface area contributed by atoms with Gasteiger partial charge in [-0.2, -0.15) is 0 Å². The molecule has 2 amide bonds. The summed E-state index contributed by atoms with van der Waals surface area (Å²) in [5, 5.41) is 13.6. The van der Waals surface area contributed by atoms with Crippen molar-refractivity contribution in [2.45, 2.75) is 20.4 Å². The molecule has 3 aromatic carbocycles. The fourth-order valence-electron chi connectivity index (χ4n) is 3.84. The zero-order valence-corrected chi connectivity index (χ0v) is 20.6. The van der Waals surface area contributed by atoms with Gasteiger partial charge in [-0.1, -0.05) is 26.0 Å². The normalized spacial score (nSPS) is 12.2.